The fourth-order valence-corrected chi connectivity index (χ4v) is 1.03. The van der Waals surface area contributed by atoms with Crippen molar-refractivity contribution in [2.45, 2.75) is 6.42 Å². The molecule has 2 heteroatoms. The molecule has 1 radical (unpaired) electrons. The second-order valence-electron chi connectivity index (χ2n) is 2.37. The van der Waals surface area contributed by atoms with Crippen LogP contribution in [-0.2, 0) is 4.79 Å². The Balaban J connectivity index is 2.32. The Morgan fingerprint density at radius 3 is 2.75 bits per heavy atom. The molecule has 0 amide bonds. The van der Waals surface area contributed by atoms with Crippen molar-refractivity contribution < 1.29 is 4.79 Å². The highest BCUT2D eigenvalue weighted by Crippen LogP contribution is 2.10. The minimum atomic E-state index is 0.194. The minimum absolute atomic E-state index is 0.194. The summed E-state index contributed by atoms with van der Waals surface area (Å²) in [5.41, 5.74) is 0. The zero-order valence-electron chi connectivity index (χ0n) is 5.05. The number of hydrogen-bond acceptors (Lipinski definition) is 2. The molecule has 1 heterocycles. The highest BCUT2D eigenvalue weighted by molar-refractivity contribution is 5.55. The van der Waals surface area contributed by atoms with E-state index >= 15 is 0 Å². The summed E-state index contributed by atoms with van der Waals surface area (Å²) in [4.78, 5) is 12.1. The van der Waals surface area contributed by atoms with Crippen LogP contribution in [0.1, 0.15) is 6.42 Å². The van der Waals surface area contributed by atoms with Gasteiger partial charge in [-0.15, -0.1) is 0 Å². The Labute approximate surface area is 49.5 Å². The number of rotatable bonds is 1. The molecule has 1 atom stereocenters. The second kappa shape index (κ2) is 2.27. The Hall–Kier alpha value is -0.370. The van der Waals surface area contributed by atoms with Crippen molar-refractivity contribution in [3.63, 3.8) is 0 Å². The fraction of sp³-hybridized carbons (Fsp3) is 0.833. The smallest absolute Gasteiger partial charge is 0.203 e. The molecule has 0 aliphatic carbocycles. The fourth-order valence-electron chi connectivity index (χ4n) is 1.03. The van der Waals surface area contributed by atoms with Gasteiger partial charge >= 0.3 is 0 Å². The number of nitrogens with zero attached hydrogens (tertiary/aromatic N) is 1. The third-order valence-electron chi connectivity index (χ3n) is 1.56. The first-order valence-electron chi connectivity index (χ1n) is 2.89. The molecule has 1 fully saturated rings. The molecule has 1 aliphatic heterocycles. The summed E-state index contributed by atoms with van der Waals surface area (Å²) in [7, 11) is 2.03. The SMILES string of the molecule is CN1CCC([C]=O)C1. The molecule has 0 aromatic rings. The summed E-state index contributed by atoms with van der Waals surface area (Å²) in [6.07, 6.45) is 3.00. The quantitative estimate of drug-likeness (QED) is 0.477. The summed E-state index contributed by atoms with van der Waals surface area (Å²) < 4.78 is 0. The molecular weight excluding hydrogens is 102 g/mol. The normalized spacial score (nSPS) is 30.9. The average molecular weight is 112 g/mol. The van der Waals surface area contributed by atoms with Crippen molar-refractivity contribution >= 4 is 6.29 Å². The van der Waals surface area contributed by atoms with Gasteiger partial charge in [0.15, 0.2) is 0 Å². The van der Waals surface area contributed by atoms with Gasteiger partial charge in [0.05, 0.1) is 0 Å². The summed E-state index contributed by atoms with van der Waals surface area (Å²) in [5, 5.41) is 0. The first-order valence-corrected chi connectivity index (χ1v) is 2.89. The van der Waals surface area contributed by atoms with E-state index in [1.807, 2.05) is 13.3 Å². The Kier molecular flexibility index (Phi) is 1.63. The van der Waals surface area contributed by atoms with E-state index in [-0.39, 0.29) is 5.92 Å². The monoisotopic (exact) mass is 112 g/mol. The van der Waals surface area contributed by atoms with Crippen LogP contribution in [0.2, 0.25) is 0 Å². The van der Waals surface area contributed by atoms with Crippen molar-refractivity contribution in [2.75, 3.05) is 20.1 Å². The second-order valence-corrected chi connectivity index (χ2v) is 2.37. The first-order chi connectivity index (χ1) is 3.83. The van der Waals surface area contributed by atoms with Gasteiger partial charge in [-0.05, 0) is 20.0 Å². The van der Waals surface area contributed by atoms with E-state index in [9.17, 15) is 4.79 Å². The summed E-state index contributed by atoms with van der Waals surface area (Å²) in [6, 6.07) is 0. The predicted octanol–water partition coefficient (Wildman–Crippen LogP) is 0.0478. The molecule has 1 unspecified atom stereocenters. The van der Waals surface area contributed by atoms with E-state index in [4.69, 9.17) is 0 Å². The van der Waals surface area contributed by atoms with Crippen LogP contribution in [0.25, 0.3) is 0 Å². The molecular formula is C6H10NO. The lowest BCUT2D eigenvalue weighted by atomic mass is 10.1. The lowest BCUT2D eigenvalue weighted by molar-refractivity contribution is 0.407. The molecule has 0 saturated carbocycles. The summed E-state index contributed by atoms with van der Waals surface area (Å²) in [5.74, 6) is 0.194. The van der Waals surface area contributed by atoms with Crippen molar-refractivity contribution in [1.29, 1.82) is 0 Å². The Bertz CT molecular complexity index is 92.5. The van der Waals surface area contributed by atoms with E-state index in [2.05, 4.69) is 4.90 Å². The van der Waals surface area contributed by atoms with Crippen LogP contribution in [0.4, 0.5) is 0 Å². The molecule has 1 saturated heterocycles. The van der Waals surface area contributed by atoms with E-state index in [0.29, 0.717) is 0 Å². The van der Waals surface area contributed by atoms with Crippen LogP contribution >= 0.6 is 0 Å². The molecule has 0 spiro atoms. The standard InChI is InChI=1S/C6H10NO/c1-7-3-2-6(4-7)5-8/h6H,2-4H2,1H3. The Morgan fingerprint density at radius 1 is 1.75 bits per heavy atom. The zero-order valence-corrected chi connectivity index (χ0v) is 5.05. The molecule has 2 nitrogen and oxygen atoms in total. The van der Waals surface area contributed by atoms with Crippen LogP contribution in [0, 0.1) is 5.92 Å². The van der Waals surface area contributed by atoms with Gasteiger partial charge in [-0.3, -0.25) is 4.79 Å². The zero-order chi connectivity index (χ0) is 5.98. The molecule has 8 heavy (non-hydrogen) atoms. The van der Waals surface area contributed by atoms with Crippen molar-refractivity contribution in [1.82, 2.24) is 4.90 Å². The lowest BCUT2D eigenvalue weighted by Gasteiger charge is -2.02. The molecule has 0 aromatic heterocycles. The van der Waals surface area contributed by atoms with Gasteiger partial charge in [-0.2, -0.15) is 0 Å². The topological polar surface area (TPSA) is 20.3 Å². The molecule has 1 aliphatic rings. The van der Waals surface area contributed by atoms with Gasteiger partial charge in [0.25, 0.3) is 0 Å². The maximum absolute atomic E-state index is 10.0. The van der Waals surface area contributed by atoms with Gasteiger partial charge in [0.1, 0.15) is 0 Å². The van der Waals surface area contributed by atoms with Crippen molar-refractivity contribution in [3.05, 3.63) is 0 Å². The van der Waals surface area contributed by atoms with Crippen LogP contribution in [-0.4, -0.2) is 31.3 Å². The van der Waals surface area contributed by atoms with E-state index < -0.39 is 0 Å². The van der Waals surface area contributed by atoms with Crippen molar-refractivity contribution in [2.24, 2.45) is 5.92 Å². The van der Waals surface area contributed by atoms with E-state index in [0.717, 1.165) is 19.5 Å². The van der Waals surface area contributed by atoms with Crippen molar-refractivity contribution in [3.8, 4) is 0 Å². The number of likely N-dealkylation sites (tertiary alicyclic amines) is 1. The maximum atomic E-state index is 10.0. The third kappa shape index (κ3) is 1.07. The van der Waals surface area contributed by atoms with Crippen LogP contribution in [0.3, 0.4) is 0 Å². The lowest BCUT2D eigenvalue weighted by Crippen LogP contribution is -2.14. The summed E-state index contributed by atoms with van der Waals surface area (Å²) in [6.45, 7) is 1.96. The molecule has 0 N–H and O–H groups in total. The summed E-state index contributed by atoms with van der Waals surface area (Å²) >= 11 is 0. The molecule has 0 aromatic carbocycles. The maximum Gasteiger partial charge on any atom is 0.203 e. The van der Waals surface area contributed by atoms with Gasteiger partial charge in [0.2, 0.25) is 6.29 Å². The van der Waals surface area contributed by atoms with E-state index in [1.165, 1.54) is 0 Å². The molecule has 1 rings (SSSR count). The minimum Gasteiger partial charge on any atom is -0.306 e. The number of carbonyl (C=O) groups excluding carboxylic acids is 1. The molecule has 0 bridgehead atoms. The number of hydrogen-bond donors (Lipinski definition) is 0. The van der Waals surface area contributed by atoms with Gasteiger partial charge in [-0.1, -0.05) is 0 Å². The average Bonchev–Trinajstić information content (AvgIpc) is 2.14. The largest absolute Gasteiger partial charge is 0.306 e. The highest BCUT2D eigenvalue weighted by atomic mass is 16.1. The van der Waals surface area contributed by atoms with Gasteiger partial charge in [-0.25, -0.2) is 0 Å². The van der Waals surface area contributed by atoms with Crippen LogP contribution < -0.4 is 0 Å². The van der Waals surface area contributed by atoms with Crippen LogP contribution in [0.15, 0.2) is 0 Å². The first kappa shape index (κ1) is 5.76. The van der Waals surface area contributed by atoms with E-state index in [1.54, 1.807) is 0 Å². The third-order valence-corrected chi connectivity index (χ3v) is 1.56. The van der Waals surface area contributed by atoms with Gasteiger partial charge < -0.3 is 4.90 Å². The highest BCUT2D eigenvalue weighted by Gasteiger charge is 2.18. The predicted molar refractivity (Wildman–Crippen MR) is 31.3 cm³/mol. The Morgan fingerprint density at radius 2 is 2.50 bits per heavy atom. The van der Waals surface area contributed by atoms with Crippen LogP contribution in [0.5, 0.6) is 0 Å². The molecule has 45 valence electrons. The van der Waals surface area contributed by atoms with Gasteiger partial charge in [0, 0.05) is 12.5 Å².